The normalized spacial score (nSPS) is 20.6. The summed E-state index contributed by atoms with van der Waals surface area (Å²) in [5.74, 6) is 0.662. The molecule has 1 saturated carbocycles. The Morgan fingerprint density at radius 2 is 2.20 bits per heavy atom. The predicted molar refractivity (Wildman–Crippen MR) is 74.8 cm³/mol. The minimum Gasteiger partial charge on any atom is -0.313 e. The number of allylic oxidation sites excluding steroid dienone is 1. The molecule has 1 aliphatic rings. The lowest BCUT2D eigenvalue weighted by atomic mass is 10.1. The van der Waals surface area contributed by atoms with Crippen LogP contribution < -0.4 is 11.2 Å². The minimum absolute atomic E-state index is 0.255. The molecule has 102 valence electrons. The lowest BCUT2D eigenvalue weighted by Gasteiger charge is -2.04. The summed E-state index contributed by atoms with van der Waals surface area (Å²) in [5.41, 5.74) is 0.428. The largest absolute Gasteiger partial charge is 0.325 e. The van der Waals surface area contributed by atoms with E-state index in [1.165, 1.54) is 6.20 Å². The van der Waals surface area contributed by atoms with Gasteiger partial charge in [-0.25, -0.2) is 4.79 Å². The number of nitrogens with one attached hydrogen (secondary N) is 2. The first-order valence-electron chi connectivity index (χ1n) is 6.08. The molecular weight excluding hydrogens is 280 g/mol. The quantitative estimate of drug-likeness (QED) is 0.837. The van der Waals surface area contributed by atoms with Crippen molar-refractivity contribution in [3.8, 4) is 11.3 Å². The van der Waals surface area contributed by atoms with Gasteiger partial charge < -0.3 is 4.98 Å². The molecule has 2 aromatic rings. The first-order valence-corrected chi connectivity index (χ1v) is 6.46. The molecule has 0 aliphatic heterocycles. The molecule has 0 spiro atoms. The summed E-state index contributed by atoms with van der Waals surface area (Å²) in [4.78, 5) is 27.3. The van der Waals surface area contributed by atoms with Gasteiger partial charge in [0.1, 0.15) is 5.69 Å². The van der Waals surface area contributed by atoms with Crippen LogP contribution in [0, 0.1) is 5.92 Å². The number of nitrogens with zero attached hydrogens (tertiary/aromatic N) is 2. The zero-order valence-corrected chi connectivity index (χ0v) is 11.1. The van der Waals surface area contributed by atoms with Gasteiger partial charge in [-0.3, -0.25) is 9.78 Å². The van der Waals surface area contributed by atoms with Crippen LogP contribution in [0.25, 0.3) is 11.3 Å². The highest BCUT2D eigenvalue weighted by Gasteiger charge is 2.37. The van der Waals surface area contributed by atoms with Crippen LogP contribution in [0.2, 0.25) is 5.15 Å². The highest BCUT2D eigenvalue weighted by atomic mass is 35.5. The summed E-state index contributed by atoms with van der Waals surface area (Å²) in [6.45, 7) is 3.76. The minimum atomic E-state index is -0.560. The van der Waals surface area contributed by atoms with Crippen LogP contribution in [0.3, 0.4) is 0 Å². The fourth-order valence-corrected chi connectivity index (χ4v) is 2.45. The van der Waals surface area contributed by atoms with E-state index in [2.05, 4.69) is 26.7 Å². The van der Waals surface area contributed by atoms with E-state index >= 15 is 0 Å². The van der Waals surface area contributed by atoms with Crippen molar-refractivity contribution in [2.45, 2.75) is 12.3 Å². The summed E-state index contributed by atoms with van der Waals surface area (Å²) < 4.78 is 0. The van der Waals surface area contributed by atoms with E-state index in [4.69, 9.17) is 11.6 Å². The summed E-state index contributed by atoms with van der Waals surface area (Å²) in [7, 11) is 0. The third-order valence-corrected chi connectivity index (χ3v) is 3.71. The van der Waals surface area contributed by atoms with Gasteiger partial charge in [0.2, 0.25) is 0 Å². The van der Waals surface area contributed by atoms with Gasteiger partial charge in [0.25, 0.3) is 5.56 Å². The second-order valence-electron chi connectivity index (χ2n) is 4.70. The van der Waals surface area contributed by atoms with E-state index in [1.54, 1.807) is 6.07 Å². The molecule has 0 bridgehead atoms. The van der Waals surface area contributed by atoms with Crippen molar-refractivity contribution < 1.29 is 0 Å². The number of rotatable bonds is 3. The molecule has 0 saturated heterocycles. The van der Waals surface area contributed by atoms with Gasteiger partial charge in [-0.05, 0) is 29.9 Å². The zero-order chi connectivity index (χ0) is 14.3. The number of hydrogen-bond donors (Lipinski definition) is 2. The fraction of sp³-hybridized carbons (Fsp3) is 0.231. The smallest absolute Gasteiger partial charge is 0.313 e. The summed E-state index contributed by atoms with van der Waals surface area (Å²) in [6, 6.07) is 1.74. The van der Waals surface area contributed by atoms with Crippen LogP contribution in [0.5, 0.6) is 0 Å². The molecule has 2 heterocycles. The maximum Gasteiger partial charge on any atom is 0.325 e. The van der Waals surface area contributed by atoms with E-state index in [-0.39, 0.29) is 11.5 Å². The summed E-state index contributed by atoms with van der Waals surface area (Å²) in [5, 5.41) is 8.13. The van der Waals surface area contributed by atoms with Crippen LogP contribution in [0.15, 0.2) is 34.5 Å². The van der Waals surface area contributed by atoms with Gasteiger partial charge in [-0.1, -0.05) is 17.7 Å². The topological polar surface area (TPSA) is 91.5 Å². The SMILES string of the molecule is C=C[C@@H]1C[C@@H]1c1cc(-c2c[nH]c(=O)[nH]c2=O)nnc1Cl. The van der Waals surface area contributed by atoms with E-state index in [1.807, 2.05) is 6.08 Å². The van der Waals surface area contributed by atoms with Gasteiger partial charge in [0.05, 0.1) is 5.56 Å². The number of aromatic nitrogens is 4. The molecule has 1 fully saturated rings. The van der Waals surface area contributed by atoms with Crippen LogP contribution >= 0.6 is 11.6 Å². The molecule has 3 rings (SSSR count). The Balaban J connectivity index is 2.07. The van der Waals surface area contributed by atoms with Crippen LogP contribution in [0.1, 0.15) is 17.9 Å². The molecular formula is C13H11ClN4O2. The van der Waals surface area contributed by atoms with Gasteiger partial charge >= 0.3 is 5.69 Å². The Kier molecular flexibility index (Phi) is 3.02. The van der Waals surface area contributed by atoms with Crippen molar-refractivity contribution in [2.75, 3.05) is 0 Å². The molecule has 6 nitrogen and oxygen atoms in total. The molecule has 2 atom stereocenters. The second kappa shape index (κ2) is 4.72. The van der Waals surface area contributed by atoms with Crippen LogP contribution in [-0.4, -0.2) is 20.2 Å². The lowest BCUT2D eigenvalue weighted by molar-refractivity contribution is 0.946. The van der Waals surface area contributed by atoms with E-state index in [9.17, 15) is 9.59 Å². The standard InChI is InChI=1S/C13H11ClN4O2/c1-2-6-3-7(6)8-4-10(17-18-11(8)14)9-5-15-13(20)16-12(9)19/h2,4-7H,1,3H2,(H2,15,16,19,20)/t6-,7+/m1/s1. The average molecular weight is 291 g/mol. The molecule has 2 N–H and O–H groups in total. The molecule has 0 amide bonds. The van der Waals surface area contributed by atoms with E-state index in [0.717, 1.165) is 12.0 Å². The van der Waals surface area contributed by atoms with Crippen molar-refractivity contribution in [3.05, 3.63) is 56.5 Å². The molecule has 0 unspecified atom stereocenters. The molecule has 0 aromatic carbocycles. The molecule has 1 aliphatic carbocycles. The van der Waals surface area contributed by atoms with Gasteiger partial charge in [0, 0.05) is 6.20 Å². The highest BCUT2D eigenvalue weighted by molar-refractivity contribution is 6.30. The average Bonchev–Trinajstić information content (AvgIpc) is 3.19. The number of halogens is 1. The fourth-order valence-electron chi connectivity index (χ4n) is 2.22. The van der Waals surface area contributed by atoms with Gasteiger partial charge in [0.15, 0.2) is 5.15 Å². The van der Waals surface area contributed by atoms with Gasteiger partial charge in [-0.2, -0.15) is 0 Å². The Labute approximate surface area is 118 Å². The third-order valence-electron chi connectivity index (χ3n) is 3.41. The predicted octanol–water partition coefficient (Wildman–Crippen LogP) is 1.46. The van der Waals surface area contributed by atoms with E-state index in [0.29, 0.717) is 16.8 Å². The van der Waals surface area contributed by atoms with Crippen molar-refractivity contribution in [1.82, 2.24) is 20.2 Å². The van der Waals surface area contributed by atoms with E-state index < -0.39 is 11.2 Å². The molecule has 20 heavy (non-hydrogen) atoms. The Hall–Kier alpha value is -2.21. The highest BCUT2D eigenvalue weighted by Crippen LogP contribution is 2.50. The Morgan fingerprint density at radius 1 is 1.40 bits per heavy atom. The van der Waals surface area contributed by atoms with Crippen molar-refractivity contribution in [3.63, 3.8) is 0 Å². The Bertz CT molecular complexity index is 795. The maximum absolute atomic E-state index is 11.8. The molecule has 7 heteroatoms. The maximum atomic E-state index is 11.8. The van der Waals surface area contributed by atoms with Gasteiger partial charge in [-0.15, -0.1) is 16.8 Å². The monoisotopic (exact) mass is 290 g/mol. The summed E-state index contributed by atoms with van der Waals surface area (Å²) in [6.07, 6.45) is 4.17. The van der Waals surface area contributed by atoms with Crippen LogP contribution in [0.4, 0.5) is 0 Å². The van der Waals surface area contributed by atoms with Crippen LogP contribution in [-0.2, 0) is 0 Å². The number of hydrogen-bond acceptors (Lipinski definition) is 4. The number of H-pyrrole nitrogens is 2. The number of aromatic amines is 2. The first kappa shape index (κ1) is 12.8. The van der Waals surface area contributed by atoms with Crippen molar-refractivity contribution >= 4 is 11.6 Å². The lowest BCUT2D eigenvalue weighted by Crippen LogP contribution is -2.22. The second-order valence-corrected chi connectivity index (χ2v) is 5.06. The third kappa shape index (κ3) is 2.18. The molecule has 2 aromatic heterocycles. The molecule has 0 radical (unpaired) electrons. The first-order chi connectivity index (χ1) is 9.60. The van der Waals surface area contributed by atoms with Crippen molar-refractivity contribution in [1.29, 1.82) is 0 Å². The zero-order valence-electron chi connectivity index (χ0n) is 10.4. The summed E-state index contributed by atoms with van der Waals surface area (Å²) >= 11 is 6.05. The van der Waals surface area contributed by atoms with Crippen molar-refractivity contribution in [2.24, 2.45) is 5.92 Å². The Morgan fingerprint density at radius 3 is 2.85 bits per heavy atom.